The average Bonchev–Trinajstić information content (AvgIpc) is 3.72. The zero-order chi connectivity index (χ0) is 21.8. The summed E-state index contributed by atoms with van der Waals surface area (Å²) >= 11 is 0. The third-order valence-electron chi connectivity index (χ3n) is 6.52. The molecule has 1 aliphatic heterocycles. The van der Waals surface area contributed by atoms with Crippen LogP contribution in [0, 0.1) is 31.6 Å². The molecule has 2 aliphatic carbocycles. The van der Waals surface area contributed by atoms with Gasteiger partial charge < -0.3 is 9.64 Å². The van der Waals surface area contributed by atoms with Crippen LogP contribution >= 0.6 is 0 Å². The van der Waals surface area contributed by atoms with E-state index < -0.39 is 0 Å². The Balaban J connectivity index is 1.36. The predicted molar refractivity (Wildman–Crippen MR) is 122 cm³/mol. The predicted octanol–water partition coefficient (Wildman–Crippen LogP) is 3.90. The number of hydrogen-bond donors (Lipinski definition) is 0. The smallest absolute Gasteiger partial charge is 0.181 e. The minimum absolute atomic E-state index is 0.0319. The van der Waals surface area contributed by atoms with Crippen LogP contribution < -0.4 is 4.90 Å². The molecule has 4 heterocycles. The van der Waals surface area contributed by atoms with E-state index in [1.807, 2.05) is 20.0 Å². The summed E-state index contributed by atoms with van der Waals surface area (Å²) in [7, 11) is 0. The molecule has 0 spiro atoms. The maximum absolute atomic E-state index is 6.30. The summed E-state index contributed by atoms with van der Waals surface area (Å²) in [6, 6.07) is 2.66. The highest BCUT2D eigenvalue weighted by Gasteiger charge is 2.31. The first kappa shape index (κ1) is 19.7. The summed E-state index contributed by atoms with van der Waals surface area (Å²) in [5.74, 6) is 8.20. The minimum atomic E-state index is -0.0319. The summed E-state index contributed by atoms with van der Waals surface area (Å²) in [6.45, 7) is 7.60. The number of ether oxygens (including phenoxy) is 1. The number of aryl methyl sites for hydroxylation is 2. The molecule has 0 amide bonds. The molecular weight excluding hydrogens is 400 g/mol. The van der Waals surface area contributed by atoms with Crippen molar-refractivity contribution in [3.8, 4) is 11.8 Å². The highest BCUT2D eigenvalue weighted by Crippen LogP contribution is 2.36. The van der Waals surface area contributed by atoms with Crippen LogP contribution in [-0.4, -0.2) is 43.9 Å². The van der Waals surface area contributed by atoms with Crippen molar-refractivity contribution < 1.29 is 4.74 Å². The Labute approximate surface area is 188 Å². The Morgan fingerprint density at radius 3 is 2.62 bits per heavy atom. The molecule has 3 aromatic rings. The standard InChI is InChI=1S/C25H28N6O/c1-15-12-30(14-22(32-15)20-11-26-31(13-20)21-8-9-21)23-10-19(7-6-18-4-5-18)24-25(29-23)28-17(3)16(2)27-24/h10-11,13,15,18,21-22H,4-5,8-9,12,14H2,1-3H3/t15-,22+/m1/s1. The van der Waals surface area contributed by atoms with E-state index in [0.29, 0.717) is 17.6 Å². The number of hydrogen-bond acceptors (Lipinski definition) is 6. The number of pyridine rings is 1. The quantitative estimate of drug-likeness (QED) is 0.590. The van der Waals surface area contributed by atoms with Gasteiger partial charge in [0.1, 0.15) is 17.4 Å². The second-order valence-electron chi connectivity index (χ2n) is 9.46. The van der Waals surface area contributed by atoms with E-state index in [4.69, 9.17) is 19.7 Å². The zero-order valence-corrected chi connectivity index (χ0v) is 18.9. The van der Waals surface area contributed by atoms with Gasteiger partial charge in [-0.1, -0.05) is 11.8 Å². The van der Waals surface area contributed by atoms with Crippen LogP contribution in [0.2, 0.25) is 0 Å². The van der Waals surface area contributed by atoms with Crippen LogP contribution in [0.4, 0.5) is 5.82 Å². The molecule has 3 aliphatic rings. The van der Waals surface area contributed by atoms with Gasteiger partial charge in [-0.3, -0.25) is 4.68 Å². The number of aromatic nitrogens is 5. The van der Waals surface area contributed by atoms with Crippen molar-refractivity contribution in [3.63, 3.8) is 0 Å². The van der Waals surface area contributed by atoms with E-state index in [1.165, 1.54) is 25.7 Å². The van der Waals surface area contributed by atoms with E-state index in [1.54, 1.807) is 0 Å². The van der Waals surface area contributed by atoms with Gasteiger partial charge in [-0.15, -0.1) is 0 Å². The monoisotopic (exact) mass is 428 g/mol. The van der Waals surface area contributed by atoms with Crippen LogP contribution in [0.25, 0.3) is 11.2 Å². The zero-order valence-electron chi connectivity index (χ0n) is 18.9. The first-order chi connectivity index (χ1) is 15.5. The van der Waals surface area contributed by atoms with Gasteiger partial charge in [0, 0.05) is 24.2 Å². The molecule has 0 unspecified atom stereocenters. The molecule has 0 aromatic carbocycles. The fourth-order valence-corrected chi connectivity index (χ4v) is 4.23. The van der Waals surface area contributed by atoms with E-state index in [9.17, 15) is 0 Å². The normalized spacial score (nSPS) is 23.3. The molecule has 7 nitrogen and oxygen atoms in total. The summed E-state index contributed by atoms with van der Waals surface area (Å²) in [5.41, 5.74) is 5.36. The maximum atomic E-state index is 6.30. The fraction of sp³-hybridized carbons (Fsp3) is 0.520. The van der Waals surface area contributed by atoms with Crippen molar-refractivity contribution in [2.75, 3.05) is 18.0 Å². The second-order valence-corrected chi connectivity index (χ2v) is 9.46. The largest absolute Gasteiger partial charge is 0.367 e. The molecule has 0 N–H and O–H groups in total. The third kappa shape index (κ3) is 3.84. The summed E-state index contributed by atoms with van der Waals surface area (Å²) < 4.78 is 8.38. The lowest BCUT2D eigenvalue weighted by molar-refractivity contribution is -0.0176. The van der Waals surface area contributed by atoms with Gasteiger partial charge in [-0.2, -0.15) is 5.10 Å². The Morgan fingerprint density at radius 1 is 1.03 bits per heavy atom. The first-order valence-electron chi connectivity index (χ1n) is 11.7. The molecule has 7 heteroatoms. The topological polar surface area (TPSA) is 69.0 Å². The van der Waals surface area contributed by atoms with E-state index in [-0.39, 0.29) is 12.2 Å². The van der Waals surface area contributed by atoms with Gasteiger partial charge in [0.25, 0.3) is 0 Å². The molecule has 32 heavy (non-hydrogen) atoms. The van der Waals surface area contributed by atoms with Crippen molar-refractivity contribution in [2.24, 2.45) is 5.92 Å². The minimum Gasteiger partial charge on any atom is -0.367 e. The van der Waals surface area contributed by atoms with Crippen molar-refractivity contribution in [1.29, 1.82) is 0 Å². The molecule has 164 valence electrons. The molecule has 0 bridgehead atoms. The lowest BCUT2D eigenvalue weighted by Gasteiger charge is -2.37. The third-order valence-corrected chi connectivity index (χ3v) is 6.52. The van der Waals surface area contributed by atoms with E-state index in [2.05, 4.69) is 45.7 Å². The Morgan fingerprint density at radius 2 is 1.84 bits per heavy atom. The molecular formula is C25H28N6O. The van der Waals surface area contributed by atoms with Crippen LogP contribution in [0.5, 0.6) is 0 Å². The van der Waals surface area contributed by atoms with Crippen molar-refractivity contribution in [1.82, 2.24) is 24.7 Å². The number of rotatable bonds is 3. The molecule has 3 fully saturated rings. The highest BCUT2D eigenvalue weighted by atomic mass is 16.5. The number of morpholine rings is 1. The first-order valence-corrected chi connectivity index (χ1v) is 11.7. The van der Waals surface area contributed by atoms with Gasteiger partial charge >= 0.3 is 0 Å². The Bertz CT molecular complexity index is 1250. The Hall–Kier alpha value is -2.98. The van der Waals surface area contributed by atoms with Crippen molar-refractivity contribution >= 4 is 17.0 Å². The molecule has 2 atom stereocenters. The lowest BCUT2D eigenvalue weighted by atomic mass is 10.1. The molecule has 6 rings (SSSR count). The van der Waals surface area contributed by atoms with Crippen LogP contribution in [0.1, 0.15) is 67.3 Å². The molecule has 2 saturated carbocycles. The lowest BCUT2D eigenvalue weighted by Crippen LogP contribution is -2.43. The highest BCUT2D eigenvalue weighted by molar-refractivity contribution is 5.80. The van der Waals surface area contributed by atoms with Crippen molar-refractivity contribution in [2.45, 2.75) is 64.7 Å². The second kappa shape index (κ2) is 7.56. The van der Waals surface area contributed by atoms with Crippen LogP contribution in [-0.2, 0) is 4.74 Å². The number of fused-ring (bicyclic) bond motifs is 1. The summed E-state index contributed by atoms with van der Waals surface area (Å²) in [6.07, 6.45) is 9.00. The summed E-state index contributed by atoms with van der Waals surface area (Å²) in [5, 5.41) is 4.56. The van der Waals surface area contributed by atoms with Gasteiger partial charge in [-0.05, 0) is 52.5 Å². The average molecular weight is 429 g/mol. The summed E-state index contributed by atoms with van der Waals surface area (Å²) in [4.78, 5) is 16.7. The number of anilines is 1. The molecule has 1 saturated heterocycles. The SMILES string of the molecule is Cc1nc2nc(N3C[C@@H](C)O[C@H](c4cnn(C5CC5)c4)C3)cc(C#CC3CC3)c2nc1C. The Kier molecular flexibility index (Phi) is 4.65. The van der Waals surface area contributed by atoms with Crippen LogP contribution in [0.15, 0.2) is 18.5 Å². The van der Waals surface area contributed by atoms with Crippen LogP contribution in [0.3, 0.4) is 0 Å². The van der Waals surface area contributed by atoms with Gasteiger partial charge in [0.05, 0.1) is 41.8 Å². The van der Waals surface area contributed by atoms with E-state index in [0.717, 1.165) is 46.9 Å². The van der Waals surface area contributed by atoms with Gasteiger partial charge in [0.15, 0.2) is 5.65 Å². The fourth-order valence-electron chi connectivity index (χ4n) is 4.23. The van der Waals surface area contributed by atoms with Gasteiger partial charge in [-0.25, -0.2) is 15.0 Å². The number of nitrogens with zero attached hydrogens (tertiary/aromatic N) is 6. The van der Waals surface area contributed by atoms with Gasteiger partial charge in [0.2, 0.25) is 0 Å². The maximum Gasteiger partial charge on any atom is 0.181 e. The van der Waals surface area contributed by atoms with Crippen molar-refractivity contribution in [3.05, 3.63) is 41.0 Å². The molecule has 0 radical (unpaired) electrons. The van der Waals surface area contributed by atoms with E-state index >= 15 is 0 Å². The molecule has 3 aromatic heterocycles.